The van der Waals surface area contributed by atoms with Crippen molar-refractivity contribution in [2.75, 3.05) is 31.1 Å². The summed E-state index contributed by atoms with van der Waals surface area (Å²) in [6, 6.07) is 0. The molecule has 0 atom stereocenters. The minimum absolute atomic E-state index is 0.0370. The van der Waals surface area contributed by atoms with Crippen LogP contribution in [-0.4, -0.2) is 41.9 Å². The van der Waals surface area contributed by atoms with Crippen molar-refractivity contribution in [1.29, 1.82) is 0 Å². The van der Waals surface area contributed by atoms with Crippen LogP contribution in [0.2, 0.25) is 0 Å². The van der Waals surface area contributed by atoms with Crippen molar-refractivity contribution < 1.29 is 4.74 Å². The van der Waals surface area contributed by atoms with Gasteiger partial charge >= 0.3 is 0 Å². The molecule has 0 spiro atoms. The zero-order valence-corrected chi connectivity index (χ0v) is 11.4. The number of nitrogens with zero attached hydrogens (tertiary/aromatic N) is 3. The summed E-state index contributed by atoms with van der Waals surface area (Å²) in [6.07, 6.45) is 6.40. The molecular formula is C13H22N4O2. The van der Waals surface area contributed by atoms with Gasteiger partial charge in [-0.3, -0.25) is 4.79 Å². The Balaban J connectivity index is 1.89. The Labute approximate surface area is 113 Å². The molecule has 1 aliphatic rings. The molecule has 1 fully saturated rings. The Morgan fingerprint density at radius 1 is 1.47 bits per heavy atom. The van der Waals surface area contributed by atoms with Gasteiger partial charge in [-0.1, -0.05) is 0 Å². The Hall–Kier alpha value is -1.40. The Kier molecular flexibility index (Phi) is 4.93. The van der Waals surface area contributed by atoms with E-state index in [9.17, 15) is 4.79 Å². The maximum Gasteiger partial charge on any atom is 0.293 e. The maximum atomic E-state index is 12.0. The van der Waals surface area contributed by atoms with Crippen LogP contribution in [0, 0.1) is 0 Å². The van der Waals surface area contributed by atoms with E-state index in [2.05, 4.69) is 4.98 Å². The molecule has 0 radical (unpaired) electrons. The van der Waals surface area contributed by atoms with E-state index >= 15 is 0 Å². The molecule has 6 heteroatoms. The van der Waals surface area contributed by atoms with Gasteiger partial charge in [-0.05, 0) is 25.8 Å². The third-order valence-electron chi connectivity index (χ3n) is 3.44. The van der Waals surface area contributed by atoms with Crippen LogP contribution in [-0.2, 0) is 11.8 Å². The molecule has 19 heavy (non-hydrogen) atoms. The fraction of sp³-hybridized carbons (Fsp3) is 0.692. The third-order valence-corrected chi connectivity index (χ3v) is 3.44. The van der Waals surface area contributed by atoms with Crippen LogP contribution >= 0.6 is 0 Å². The summed E-state index contributed by atoms with van der Waals surface area (Å²) in [7, 11) is 1.75. The van der Waals surface area contributed by atoms with Crippen LogP contribution in [0.15, 0.2) is 17.2 Å². The number of piperidine rings is 1. The van der Waals surface area contributed by atoms with Crippen molar-refractivity contribution in [2.24, 2.45) is 12.8 Å². The number of aryl methyl sites for hydroxylation is 1. The number of ether oxygens (including phenoxy) is 1. The summed E-state index contributed by atoms with van der Waals surface area (Å²) in [5.41, 5.74) is 5.40. The van der Waals surface area contributed by atoms with Crippen molar-refractivity contribution in [1.82, 2.24) is 9.55 Å². The maximum absolute atomic E-state index is 12.0. The van der Waals surface area contributed by atoms with E-state index in [1.54, 1.807) is 24.0 Å². The van der Waals surface area contributed by atoms with Gasteiger partial charge in [0.05, 0.1) is 6.10 Å². The lowest BCUT2D eigenvalue weighted by Gasteiger charge is -2.32. The van der Waals surface area contributed by atoms with Crippen molar-refractivity contribution >= 4 is 5.82 Å². The number of rotatable bonds is 5. The van der Waals surface area contributed by atoms with Crippen LogP contribution in [0.1, 0.15) is 19.3 Å². The largest absolute Gasteiger partial charge is 0.378 e. The second-order valence-corrected chi connectivity index (χ2v) is 4.87. The van der Waals surface area contributed by atoms with E-state index in [4.69, 9.17) is 10.5 Å². The Bertz CT molecular complexity index is 452. The number of aromatic nitrogens is 2. The monoisotopic (exact) mass is 266 g/mol. The predicted molar refractivity (Wildman–Crippen MR) is 74.3 cm³/mol. The second kappa shape index (κ2) is 6.68. The van der Waals surface area contributed by atoms with Crippen molar-refractivity contribution in [3.05, 3.63) is 22.7 Å². The second-order valence-electron chi connectivity index (χ2n) is 4.87. The molecule has 1 aromatic heterocycles. The Morgan fingerprint density at radius 2 is 2.21 bits per heavy atom. The zero-order chi connectivity index (χ0) is 13.7. The first kappa shape index (κ1) is 14.0. The molecule has 2 heterocycles. The molecule has 0 unspecified atom stereocenters. The third kappa shape index (κ3) is 3.54. The molecule has 0 amide bonds. The highest BCUT2D eigenvalue weighted by Crippen LogP contribution is 2.16. The highest BCUT2D eigenvalue weighted by molar-refractivity contribution is 5.36. The molecule has 0 saturated carbocycles. The fourth-order valence-corrected chi connectivity index (χ4v) is 2.27. The van der Waals surface area contributed by atoms with Crippen LogP contribution in [0.5, 0.6) is 0 Å². The van der Waals surface area contributed by atoms with Crippen LogP contribution < -0.4 is 16.2 Å². The van der Waals surface area contributed by atoms with Gasteiger partial charge in [0.1, 0.15) is 0 Å². The van der Waals surface area contributed by atoms with Crippen molar-refractivity contribution in [2.45, 2.75) is 25.4 Å². The SMILES string of the molecule is Cn1ccnc(N2CCC(OCCCN)CC2)c1=O. The van der Waals surface area contributed by atoms with Crippen LogP contribution in [0.4, 0.5) is 5.82 Å². The normalized spacial score (nSPS) is 16.8. The first-order valence-corrected chi connectivity index (χ1v) is 6.80. The summed E-state index contributed by atoms with van der Waals surface area (Å²) in [5, 5.41) is 0. The van der Waals surface area contributed by atoms with Crippen LogP contribution in [0.3, 0.4) is 0 Å². The average Bonchev–Trinajstić information content (AvgIpc) is 2.43. The molecule has 0 bridgehead atoms. The number of hydrogen-bond donors (Lipinski definition) is 1. The average molecular weight is 266 g/mol. The molecule has 1 saturated heterocycles. The van der Waals surface area contributed by atoms with Gasteiger partial charge in [-0.15, -0.1) is 0 Å². The topological polar surface area (TPSA) is 73.4 Å². The minimum atomic E-state index is -0.0370. The van der Waals surface area contributed by atoms with Gasteiger partial charge < -0.3 is 19.9 Å². The molecule has 6 nitrogen and oxygen atoms in total. The quantitative estimate of drug-likeness (QED) is 0.766. The standard InChI is InChI=1S/C13H22N4O2/c1-16-9-6-15-12(13(16)18)17-7-3-11(4-8-17)19-10-2-5-14/h6,9,11H,2-5,7-8,10,14H2,1H3. The first-order valence-electron chi connectivity index (χ1n) is 6.80. The molecule has 2 N–H and O–H groups in total. The summed E-state index contributed by atoms with van der Waals surface area (Å²) < 4.78 is 7.31. The van der Waals surface area contributed by atoms with Crippen molar-refractivity contribution in [3.63, 3.8) is 0 Å². The lowest BCUT2D eigenvalue weighted by molar-refractivity contribution is 0.0365. The first-order chi connectivity index (χ1) is 9.22. The van der Waals surface area contributed by atoms with Gasteiger partial charge in [0, 0.05) is 39.1 Å². The van der Waals surface area contributed by atoms with E-state index in [0.717, 1.165) is 39.0 Å². The van der Waals surface area contributed by atoms with E-state index in [1.165, 1.54) is 0 Å². The van der Waals surface area contributed by atoms with E-state index in [-0.39, 0.29) is 11.7 Å². The lowest BCUT2D eigenvalue weighted by Crippen LogP contribution is -2.41. The van der Waals surface area contributed by atoms with E-state index in [0.29, 0.717) is 12.4 Å². The zero-order valence-electron chi connectivity index (χ0n) is 11.4. The van der Waals surface area contributed by atoms with Crippen LogP contribution in [0.25, 0.3) is 0 Å². The highest BCUT2D eigenvalue weighted by Gasteiger charge is 2.22. The summed E-state index contributed by atoms with van der Waals surface area (Å²) in [6.45, 7) is 3.04. The molecule has 1 aromatic rings. The Morgan fingerprint density at radius 3 is 2.89 bits per heavy atom. The molecule has 2 rings (SSSR count). The van der Waals surface area contributed by atoms with Gasteiger partial charge in [0.15, 0.2) is 5.82 Å². The summed E-state index contributed by atoms with van der Waals surface area (Å²) >= 11 is 0. The summed E-state index contributed by atoms with van der Waals surface area (Å²) in [4.78, 5) is 18.2. The molecule has 106 valence electrons. The van der Waals surface area contributed by atoms with Gasteiger partial charge in [0.2, 0.25) is 0 Å². The molecule has 1 aliphatic heterocycles. The molecular weight excluding hydrogens is 244 g/mol. The summed E-state index contributed by atoms with van der Waals surface area (Å²) in [5.74, 6) is 0.547. The van der Waals surface area contributed by atoms with Gasteiger partial charge in [0.25, 0.3) is 5.56 Å². The number of anilines is 1. The highest BCUT2D eigenvalue weighted by atomic mass is 16.5. The lowest BCUT2D eigenvalue weighted by atomic mass is 10.1. The smallest absolute Gasteiger partial charge is 0.293 e. The van der Waals surface area contributed by atoms with Crippen molar-refractivity contribution in [3.8, 4) is 0 Å². The van der Waals surface area contributed by atoms with Gasteiger partial charge in [-0.25, -0.2) is 4.98 Å². The number of nitrogens with two attached hydrogens (primary N) is 1. The molecule has 0 aliphatic carbocycles. The predicted octanol–water partition coefficient (Wildman–Crippen LogP) is 0.115. The fourth-order valence-electron chi connectivity index (χ4n) is 2.27. The number of hydrogen-bond acceptors (Lipinski definition) is 5. The van der Waals surface area contributed by atoms with E-state index < -0.39 is 0 Å². The van der Waals surface area contributed by atoms with E-state index in [1.807, 2.05) is 4.90 Å². The van der Waals surface area contributed by atoms with Gasteiger partial charge in [-0.2, -0.15) is 0 Å². The minimum Gasteiger partial charge on any atom is -0.378 e. The molecule has 0 aromatic carbocycles.